The third kappa shape index (κ3) is 3.18. The molecule has 1 aliphatic carbocycles. The van der Waals surface area contributed by atoms with Gasteiger partial charge in [0.15, 0.2) is 0 Å². The molecule has 0 spiro atoms. The van der Waals surface area contributed by atoms with E-state index in [1.165, 1.54) is 37.7 Å². The Hall–Kier alpha value is -1.61. The lowest BCUT2D eigenvalue weighted by atomic mass is 9.89. The fraction of sp³-hybridized carbons (Fsp3) is 0.500. The van der Waals surface area contributed by atoms with Crippen molar-refractivity contribution >= 4 is 0 Å². The Bertz CT molecular complexity index is 547. The van der Waals surface area contributed by atoms with E-state index < -0.39 is 0 Å². The summed E-state index contributed by atoms with van der Waals surface area (Å²) in [5.41, 5.74) is 1.21. The van der Waals surface area contributed by atoms with Crippen molar-refractivity contribution in [2.24, 2.45) is 0 Å². The zero-order chi connectivity index (χ0) is 14.5. The van der Waals surface area contributed by atoms with Crippen LogP contribution in [0.1, 0.15) is 45.1 Å². The first kappa shape index (κ1) is 14.3. The van der Waals surface area contributed by atoms with Crippen molar-refractivity contribution in [1.82, 2.24) is 14.9 Å². The molecule has 1 heterocycles. The highest BCUT2D eigenvalue weighted by molar-refractivity contribution is 5.55. The normalized spacial score (nSPS) is 22.3. The summed E-state index contributed by atoms with van der Waals surface area (Å²) in [4.78, 5) is 4.61. The van der Waals surface area contributed by atoms with Crippen LogP contribution in [0.25, 0.3) is 11.4 Å². The van der Waals surface area contributed by atoms with Crippen molar-refractivity contribution in [3.8, 4) is 11.4 Å². The number of aromatic nitrogens is 2. The van der Waals surface area contributed by atoms with Crippen LogP contribution in [0.15, 0.2) is 42.7 Å². The van der Waals surface area contributed by atoms with Gasteiger partial charge in [0.1, 0.15) is 5.82 Å². The molecule has 0 radical (unpaired) electrons. The maximum atomic E-state index is 4.61. The first-order valence-corrected chi connectivity index (χ1v) is 8.21. The van der Waals surface area contributed by atoms with Crippen LogP contribution in [0.5, 0.6) is 0 Å². The summed E-state index contributed by atoms with van der Waals surface area (Å²) in [6.45, 7) is 3.34. The fourth-order valence-corrected chi connectivity index (χ4v) is 3.40. The van der Waals surface area contributed by atoms with E-state index in [0.29, 0.717) is 12.1 Å². The van der Waals surface area contributed by atoms with E-state index in [2.05, 4.69) is 58.3 Å². The molecular formula is C18H25N3. The van der Waals surface area contributed by atoms with Gasteiger partial charge in [-0.15, -0.1) is 0 Å². The monoisotopic (exact) mass is 283 g/mol. The third-order valence-electron chi connectivity index (χ3n) is 4.44. The van der Waals surface area contributed by atoms with Crippen LogP contribution in [0.4, 0.5) is 0 Å². The Morgan fingerprint density at radius 1 is 1.19 bits per heavy atom. The summed E-state index contributed by atoms with van der Waals surface area (Å²) in [6, 6.07) is 11.6. The summed E-state index contributed by atoms with van der Waals surface area (Å²) < 4.78 is 2.39. The Balaban J connectivity index is 1.87. The van der Waals surface area contributed by atoms with Crippen LogP contribution in [0.3, 0.4) is 0 Å². The molecule has 1 fully saturated rings. The topological polar surface area (TPSA) is 29.9 Å². The highest BCUT2D eigenvalue weighted by Gasteiger charge is 2.27. The third-order valence-corrected chi connectivity index (χ3v) is 4.44. The van der Waals surface area contributed by atoms with Crippen molar-refractivity contribution < 1.29 is 0 Å². The van der Waals surface area contributed by atoms with E-state index in [0.717, 1.165) is 12.4 Å². The first-order chi connectivity index (χ1) is 10.4. The Morgan fingerprint density at radius 3 is 2.81 bits per heavy atom. The second-order valence-corrected chi connectivity index (χ2v) is 5.94. The molecule has 1 aliphatic rings. The largest absolute Gasteiger partial charge is 0.326 e. The van der Waals surface area contributed by atoms with Gasteiger partial charge in [0, 0.05) is 24.0 Å². The second-order valence-electron chi connectivity index (χ2n) is 5.94. The van der Waals surface area contributed by atoms with Crippen LogP contribution in [0.2, 0.25) is 0 Å². The summed E-state index contributed by atoms with van der Waals surface area (Å²) in [5.74, 6) is 1.10. The van der Waals surface area contributed by atoms with Crippen molar-refractivity contribution in [3.05, 3.63) is 42.7 Å². The molecule has 21 heavy (non-hydrogen) atoms. The van der Waals surface area contributed by atoms with E-state index in [4.69, 9.17) is 0 Å². The van der Waals surface area contributed by atoms with Gasteiger partial charge in [0.2, 0.25) is 0 Å². The summed E-state index contributed by atoms with van der Waals surface area (Å²) in [6.07, 6.45) is 10.5. The fourth-order valence-electron chi connectivity index (χ4n) is 3.40. The first-order valence-electron chi connectivity index (χ1n) is 8.21. The van der Waals surface area contributed by atoms with Gasteiger partial charge in [-0.3, -0.25) is 0 Å². The van der Waals surface area contributed by atoms with Crippen molar-refractivity contribution in [2.75, 3.05) is 6.54 Å². The molecule has 1 aromatic carbocycles. The van der Waals surface area contributed by atoms with Crippen molar-refractivity contribution in [1.29, 1.82) is 0 Å². The predicted octanol–water partition coefficient (Wildman–Crippen LogP) is 4.03. The lowest BCUT2D eigenvalue weighted by molar-refractivity contribution is 0.265. The second kappa shape index (κ2) is 6.90. The Morgan fingerprint density at radius 2 is 2.00 bits per heavy atom. The van der Waals surface area contributed by atoms with Gasteiger partial charge in [-0.1, -0.05) is 50.1 Å². The number of imidazole rings is 1. The van der Waals surface area contributed by atoms with Crippen LogP contribution in [-0.2, 0) is 0 Å². The van der Waals surface area contributed by atoms with Gasteiger partial charge in [0.25, 0.3) is 0 Å². The number of nitrogens with zero attached hydrogens (tertiary/aromatic N) is 2. The summed E-state index contributed by atoms with van der Waals surface area (Å²) >= 11 is 0. The van der Waals surface area contributed by atoms with Gasteiger partial charge in [-0.25, -0.2) is 4.98 Å². The lowest BCUT2D eigenvalue weighted by Crippen LogP contribution is -2.40. The molecule has 0 saturated heterocycles. The molecular weight excluding hydrogens is 258 g/mol. The molecule has 2 aromatic rings. The molecule has 3 heteroatoms. The molecule has 1 saturated carbocycles. The molecule has 0 bridgehead atoms. The van der Waals surface area contributed by atoms with Crippen LogP contribution in [-0.4, -0.2) is 22.1 Å². The average molecular weight is 283 g/mol. The highest BCUT2D eigenvalue weighted by atomic mass is 15.1. The van der Waals surface area contributed by atoms with Gasteiger partial charge < -0.3 is 9.88 Å². The minimum Gasteiger partial charge on any atom is -0.326 e. The molecule has 3 rings (SSSR count). The average Bonchev–Trinajstić information content (AvgIpc) is 3.03. The van der Waals surface area contributed by atoms with Crippen molar-refractivity contribution in [3.63, 3.8) is 0 Å². The molecule has 0 aliphatic heterocycles. The number of hydrogen-bond acceptors (Lipinski definition) is 2. The van der Waals surface area contributed by atoms with Crippen molar-refractivity contribution in [2.45, 2.75) is 51.1 Å². The van der Waals surface area contributed by atoms with E-state index in [9.17, 15) is 0 Å². The maximum Gasteiger partial charge on any atom is 0.140 e. The Kier molecular flexibility index (Phi) is 4.71. The smallest absolute Gasteiger partial charge is 0.140 e. The number of benzene rings is 1. The van der Waals surface area contributed by atoms with E-state index in [-0.39, 0.29) is 0 Å². The minimum absolute atomic E-state index is 0.531. The Labute approximate surface area is 127 Å². The number of nitrogens with one attached hydrogen (secondary N) is 1. The summed E-state index contributed by atoms with van der Waals surface area (Å²) in [5, 5.41) is 3.74. The molecule has 3 nitrogen and oxygen atoms in total. The molecule has 2 unspecified atom stereocenters. The molecule has 112 valence electrons. The minimum atomic E-state index is 0.531. The zero-order valence-corrected chi connectivity index (χ0v) is 12.8. The predicted molar refractivity (Wildman–Crippen MR) is 87.2 cm³/mol. The number of rotatable bonds is 5. The molecule has 0 amide bonds. The van der Waals surface area contributed by atoms with E-state index in [1.807, 2.05) is 6.20 Å². The number of hydrogen-bond donors (Lipinski definition) is 1. The van der Waals surface area contributed by atoms with E-state index in [1.54, 1.807) is 0 Å². The quantitative estimate of drug-likeness (QED) is 0.897. The van der Waals surface area contributed by atoms with Gasteiger partial charge >= 0.3 is 0 Å². The molecule has 1 N–H and O–H groups in total. The van der Waals surface area contributed by atoms with Crippen LogP contribution in [0, 0.1) is 0 Å². The highest BCUT2D eigenvalue weighted by Crippen LogP contribution is 2.32. The van der Waals surface area contributed by atoms with Crippen LogP contribution < -0.4 is 5.32 Å². The summed E-state index contributed by atoms with van der Waals surface area (Å²) in [7, 11) is 0. The van der Waals surface area contributed by atoms with Gasteiger partial charge in [-0.2, -0.15) is 0 Å². The lowest BCUT2D eigenvalue weighted by Gasteiger charge is -2.34. The SMILES string of the molecule is CCCNC1CCCCC1n1ccnc1-c1ccccc1. The van der Waals surface area contributed by atoms with E-state index >= 15 is 0 Å². The molecule has 2 atom stereocenters. The molecule has 1 aromatic heterocycles. The standard InChI is InChI=1S/C18H25N3/c1-2-12-19-16-10-6-7-11-17(16)21-14-13-20-18(21)15-8-4-3-5-9-15/h3-5,8-9,13-14,16-17,19H,2,6-7,10-12H2,1H3. The van der Waals surface area contributed by atoms with Crippen LogP contribution >= 0.6 is 0 Å². The van der Waals surface area contributed by atoms with Gasteiger partial charge in [-0.05, 0) is 25.8 Å². The zero-order valence-electron chi connectivity index (χ0n) is 12.8. The maximum absolute atomic E-state index is 4.61. The van der Waals surface area contributed by atoms with Gasteiger partial charge in [0.05, 0.1) is 6.04 Å².